The number of aromatic nitrogens is 2. The van der Waals surface area contributed by atoms with Crippen molar-refractivity contribution in [2.45, 2.75) is 158 Å². The summed E-state index contributed by atoms with van der Waals surface area (Å²) < 4.78 is 8.75. The third-order valence-electron chi connectivity index (χ3n) is 12.7. The molecule has 4 nitrogen and oxygen atoms in total. The molecule has 0 saturated heterocycles. The van der Waals surface area contributed by atoms with Crippen LogP contribution < -0.4 is 0 Å². The van der Waals surface area contributed by atoms with Gasteiger partial charge in [0.05, 0.1) is 17.1 Å². The molecule has 2 saturated carbocycles. The van der Waals surface area contributed by atoms with Crippen molar-refractivity contribution >= 4 is 11.0 Å². The molecule has 0 N–H and O–H groups in total. The predicted molar refractivity (Wildman–Crippen MR) is 216 cm³/mol. The monoisotopic (exact) mass is 866 g/mol. The van der Waals surface area contributed by atoms with Crippen molar-refractivity contribution in [1.82, 2.24) is 9.55 Å². The van der Waals surface area contributed by atoms with Crippen LogP contribution in [0.25, 0.3) is 27.5 Å². The first-order chi connectivity index (χ1) is 24.0. The summed E-state index contributed by atoms with van der Waals surface area (Å²) in [6.07, 6.45) is 17.2. The Morgan fingerprint density at radius 1 is 0.863 bits per heavy atom. The number of aryl methyl sites for hydroxylation is 2. The first-order valence-electron chi connectivity index (χ1n) is 21.0. The van der Waals surface area contributed by atoms with Gasteiger partial charge in [0.2, 0.25) is 0 Å². The number of benzene rings is 1. The van der Waals surface area contributed by atoms with Crippen LogP contribution in [0, 0.1) is 60.2 Å². The molecular weight excluding hydrogens is 789 g/mol. The Morgan fingerprint density at radius 3 is 2.10 bits per heavy atom. The maximum absolute atomic E-state index is 6.39. The Labute approximate surface area is 333 Å². The van der Waals surface area contributed by atoms with E-state index >= 15 is 0 Å². The van der Waals surface area contributed by atoms with Gasteiger partial charge in [0.1, 0.15) is 11.3 Å². The van der Waals surface area contributed by atoms with E-state index in [1.54, 1.807) is 0 Å². The summed E-state index contributed by atoms with van der Waals surface area (Å²) in [6.45, 7) is 27.5. The van der Waals surface area contributed by atoms with E-state index in [2.05, 4.69) is 118 Å². The van der Waals surface area contributed by atoms with Gasteiger partial charge in [0.15, 0.2) is 0 Å². The molecule has 0 bridgehead atoms. The number of nitrogens with zero attached hydrogens (tertiary/aromatic N) is 3. The second-order valence-corrected chi connectivity index (χ2v) is 17.2. The number of furan rings is 1. The molecule has 3 aromatic rings. The summed E-state index contributed by atoms with van der Waals surface area (Å²) in [5, 5.41) is 7.40. The maximum Gasteiger partial charge on any atom is 0.134 e. The number of rotatable bonds is 14. The summed E-state index contributed by atoms with van der Waals surface area (Å²) in [5.74, 6) is 8.24. The third-order valence-corrected chi connectivity index (χ3v) is 12.7. The van der Waals surface area contributed by atoms with E-state index in [0.717, 1.165) is 41.7 Å². The average Bonchev–Trinajstić information content (AvgIpc) is 3.67. The van der Waals surface area contributed by atoms with Crippen molar-refractivity contribution in [3.8, 4) is 11.3 Å². The first kappa shape index (κ1) is 44.2. The van der Waals surface area contributed by atoms with Crippen LogP contribution >= 0.6 is 0 Å². The third kappa shape index (κ3) is 10.5. The molecule has 0 spiro atoms. The Hall–Kier alpha value is -1.20. The van der Waals surface area contributed by atoms with E-state index in [1.807, 2.05) is 0 Å². The molecule has 2 aliphatic rings. The fourth-order valence-corrected chi connectivity index (χ4v) is 9.91. The van der Waals surface area contributed by atoms with Gasteiger partial charge in [-0.3, -0.25) is 0 Å². The van der Waals surface area contributed by atoms with Gasteiger partial charge in [-0.1, -0.05) is 157 Å². The molecule has 0 amide bonds. The Balaban J connectivity index is 0.00000133. The van der Waals surface area contributed by atoms with Crippen LogP contribution in [-0.4, -0.2) is 15.6 Å². The minimum Gasteiger partial charge on any atom is -0.650 e. The Bertz CT molecular complexity index is 1420. The topological polar surface area (TPSA) is 45.1 Å². The van der Waals surface area contributed by atoms with Crippen LogP contribution in [-0.2, 0) is 39.3 Å². The van der Waals surface area contributed by atoms with E-state index in [0.29, 0.717) is 47.5 Å². The van der Waals surface area contributed by atoms with Gasteiger partial charge in [-0.25, -0.2) is 4.98 Å². The van der Waals surface area contributed by atoms with Crippen molar-refractivity contribution in [1.29, 1.82) is 0 Å². The van der Waals surface area contributed by atoms with E-state index in [1.165, 1.54) is 81.0 Å². The maximum atomic E-state index is 6.39. The Morgan fingerprint density at radius 2 is 1.51 bits per heavy atom. The SMILES string of the molecule is CCCC1CCCC(C(C)C)C1[N-]C(c1nc(-c2c(CC)oc3ccccc23)cn1C)C1C(CCC)CC(C(C)C)CC1C(C)C.[CH2-]CCC.[Hf]. The van der Waals surface area contributed by atoms with Gasteiger partial charge in [0.25, 0.3) is 0 Å². The van der Waals surface area contributed by atoms with Crippen molar-refractivity contribution in [2.24, 2.45) is 60.3 Å². The van der Waals surface area contributed by atoms with Crippen LogP contribution in [0.2, 0.25) is 0 Å². The summed E-state index contributed by atoms with van der Waals surface area (Å²) in [6, 6.07) is 9.03. The molecule has 2 aliphatic carbocycles. The molecule has 5 heteroatoms. The van der Waals surface area contributed by atoms with Crippen LogP contribution in [0.3, 0.4) is 0 Å². The zero-order chi connectivity index (χ0) is 36.5. The minimum absolute atomic E-state index is 0. The van der Waals surface area contributed by atoms with Gasteiger partial charge < -0.3 is 21.2 Å². The molecule has 286 valence electrons. The molecule has 8 unspecified atom stereocenters. The van der Waals surface area contributed by atoms with E-state index in [9.17, 15) is 0 Å². The summed E-state index contributed by atoms with van der Waals surface area (Å²) >= 11 is 0. The minimum atomic E-state index is 0. The summed E-state index contributed by atoms with van der Waals surface area (Å²) in [5.41, 5.74) is 3.19. The summed E-state index contributed by atoms with van der Waals surface area (Å²) in [4.78, 5) is 5.64. The average molecular weight is 865 g/mol. The van der Waals surface area contributed by atoms with Crippen molar-refractivity contribution in [3.05, 3.63) is 54.3 Å². The molecule has 0 aliphatic heterocycles. The number of para-hydroxylation sites is 1. The molecular formula is C46H75HfN3O-2. The number of fused-ring (bicyclic) bond motifs is 1. The van der Waals surface area contributed by atoms with Gasteiger partial charge in [0, 0.05) is 50.9 Å². The Kier molecular flexibility index (Phi) is 18.2. The molecule has 2 fully saturated rings. The molecule has 51 heavy (non-hydrogen) atoms. The number of hydrogen-bond donors (Lipinski definition) is 0. The fourth-order valence-electron chi connectivity index (χ4n) is 9.91. The molecule has 2 heterocycles. The van der Waals surface area contributed by atoms with E-state index < -0.39 is 0 Å². The van der Waals surface area contributed by atoms with Gasteiger partial charge >= 0.3 is 0 Å². The van der Waals surface area contributed by atoms with E-state index in [-0.39, 0.29) is 31.9 Å². The van der Waals surface area contributed by atoms with Crippen molar-refractivity contribution in [3.63, 3.8) is 0 Å². The molecule has 5 rings (SSSR count). The first-order valence-corrected chi connectivity index (χ1v) is 21.0. The van der Waals surface area contributed by atoms with Gasteiger partial charge in [-0.2, -0.15) is 6.42 Å². The molecule has 1 aromatic carbocycles. The van der Waals surface area contributed by atoms with Gasteiger partial charge in [-0.05, 0) is 60.3 Å². The van der Waals surface area contributed by atoms with Crippen LogP contribution in [0.15, 0.2) is 34.9 Å². The number of imidazole rings is 1. The zero-order valence-electron chi connectivity index (χ0n) is 34.7. The number of unbranched alkanes of at least 4 members (excludes halogenated alkanes) is 1. The largest absolute Gasteiger partial charge is 0.650 e. The number of hydrogen-bond acceptors (Lipinski definition) is 2. The second-order valence-electron chi connectivity index (χ2n) is 17.2. The summed E-state index contributed by atoms with van der Waals surface area (Å²) in [7, 11) is 2.24. The van der Waals surface area contributed by atoms with Gasteiger partial charge in [-0.15, -0.1) is 6.04 Å². The van der Waals surface area contributed by atoms with E-state index in [4.69, 9.17) is 14.7 Å². The normalized spacial score (nSPS) is 26.0. The van der Waals surface area contributed by atoms with Crippen LogP contribution in [0.4, 0.5) is 0 Å². The zero-order valence-corrected chi connectivity index (χ0v) is 38.3. The molecule has 8 atom stereocenters. The van der Waals surface area contributed by atoms with Crippen molar-refractivity contribution < 1.29 is 30.3 Å². The quantitative estimate of drug-likeness (QED) is 0.120. The molecule has 0 radical (unpaired) electrons. The fraction of sp³-hybridized carbons (Fsp3) is 0.739. The van der Waals surface area contributed by atoms with Crippen LogP contribution in [0.5, 0.6) is 0 Å². The predicted octanol–water partition coefficient (Wildman–Crippen LogP) is 14.0. The second kappa shape index (κ2) is 21.0. The standard InChI is InChI=1S/C42H66N3O.C4H9.Hf/c1-11-17-29-19-16-21-32(27(6)7)40(29)44-41(38-30(18-12-2)23-31(26(4)5)24-34(38)28(8)9)42-43-35(25-45(42)10)39-33-20-14-15-22-37(33)46-36(39)13-3;1-3-4-2;/h14-15,20,22,25-32,34,38,40-41H,11-13,16-19,21,23-24H2,1-10H3;1,3-4H2,2H3;/q2*-1;. The molecule has 2 aromatic heterocycles. The van der Waals surface area contributed by atoms with Crippen molar-refractivity contribution in [2.75, 3.05) is 0 Å². The van der Waals surface area contributed by atoms with Crippen LogP contribution in [0.1, 0.15) is 157 Å². The smallest absolute Gasteiger partial charge is 0.134 e.